The first-order valence-corrected chi connectivity index (χ1v) is 9.54. The fourth-order valence-electron chi connectivity index (χ4n) is 3.91. The van der Waals surface area contributed by atoms with Crippen LogP contribution in [0.5, 0.6) is 0 Å². The van der Waals surface area contributed by atoms with Crippen LogP contribution in [0.2, 0.25) is 0 Å². The minimum Gasteiger partial charge on any atom is -0.393 e. The summed E-state index contributed by atoms with van der Waals surface area (Å²) in [7, 11) is 0. The van der Waals surface area contributed by atoms with E-state index in [2.05, 4.69) is 38.0 Å². The fraction of sp³-hybridized carbons (Fsp3) is 0.550. The molecule has 0 aromatic carbocycles. The molecule has 0 unspecified atom stereocenters. The van der Waals surface area contributed by atoms with E-state index in [1.54, 1.807) is 0 Å². The monoisotopic (exact) mass is 353 g/mol. The van der Waals surface area contributed by atoms with Gasteiger partial charge < -0.3 is 14.9 Å². The van der Waals surface area contributed by atoms with Gasteiger partial charge >= 0.3 is 0 Å². The van der Waals surface area contributed by atoms with Gasteiger partial charge in [-0.05, 0) is 45.2 Å². The van der Waals surface area contributed by atoms with Crippen LogP contribution >= 0.6 is 0 Å². The largest absolute Gasteiger partial charge is 0.393 e. The van der Waals surface area contributed by atoms with Gasteiger partial charge in [-0.1, -0.05) is 0 Å². The lowest BCUT2D eigenvalue weighted by atomic mass is 9.80. The second-order valence-electron chi connectivity index (χ2n) is 7.50. The molecule has 1 saturated heterocycles. The van der Waals surface area contributed by atoms with Crippen molar-refractivity contribution in [2.45, 2.75) is 45.1 Å². The Bertz CT molecular complexity index is 775. The second-order valence-corrected chi connectivity index (χ2v) is 7.50. The van der Waals surface area contributed by atoms with Crippen molar-refractivity contribution in [2.75, 3.05) is 36.0 Å². The van der Waals surface area contributed by atoms with Crippen molar-refractivity contribution >= 4 is 11.5 Å². The van der Waals surface area contributed by atoms with E-state index < -0.39 is 0 Å². The minimum atomic E-state index is -0.158. The van der Waals surface area contributed by atoms with Crippen molar-refractivity contribution in [2.24, 2.45) is 0 Å². The van der Waals surface area contributed by atoms with Gasteiger partial charge in [-0.15, -0.1) is 0 Å². The number of aliphatic hydroxyl groups excluding tert-OH is 1. The molecule has 4 rings (SSSR count). The third kappa shape index (κ3) is 3.65. The molecular formula is C20H27N5O. The van der Waals surface area contributed by atoms with Crippen molar-refractivity contribution < 1.29 is 5.11 Å². The summed E-state index contributed by atoms with van der Waals surface area (Å²) >= 11 is 0. The van der Waals surface area contributed by atoms with Gasteiger partial charge in [-0.25, -0.2) is 9.97 Å². The molecule has 138 valence electrons. The van der Waals surface area contributed by atoms with Crippen molar-refractivity contribution in [1.29, 1.82) is 0 Å². The van der Waals surface area contributed by atoms with Gasteiger partial charge in [0, 0.05) is 61.4 Å². The van der Waals surface area contributed by atoms with E-state index in [1.165, 1.54) is 5.69 Å². The maximum atomic E-state index is 9.60. The number of nitrogens with zero attached hydrogens (tertiary/aromatic N) is 5. The molecule has 0 amide bonds. The maximum Gasteiger partial charge on any atom is 0.132 e. The number of hydrogen-bond acceptors (Lipinski definition) is 6. The molecule has 1 saturated carbocycles. The van der Waals surface area contributed by atoms with Gasteiger partial charge in [0.25, 0.3) is 0 Å². The number of pyridine rings is 1. The summed E-state index contributed by atoms with van der Waals surface area (Å²) in [5.74, 6) is 2.24. The second kappa shape index (κ2) is 7.19. The van der Waals surface area contributed by atoms with Crippen LogP contribution in [-0.2, 0) is 0 Å². The molecule has 1 aliphatic carbocycles. The van der Waals surface area contributed by atoms with E-state index in [-0.39, 0.29) is 6.10 Å². The van der Waals surface area contributed by atoms with Crippen LogP contribution in [0.15, 0.2) is 24.4 Å². The van der Waals surface area contributed by atoms with Gasteiger partial charge in [0.1, 0.15) is 11.6 Å². The Hall–Kier alpha value is -2.21. The molecule has 3 heterocycles. The predicted molar refractivity (Wildman–Crippen MR) is 103 cm³/mol. The third-order valence-electron chi connectivity index (χ3n) is 5.44. The van der Waals surface area contributed by atoms with E-state index in [4.69, 9.17) is 4.98 Å². The Balaban J connectivity index is 1.49. The molecule has 2 fully saturated rings. The molecule has 0 spiro atoms. The lowest BCUT2D eigenvalue weighted by molar-refractivity contribution is 0.0731. The van der Waals surface area contributed by atoms with E-state index in [0.717, 1.165) is 68.5 Å². The maximum absolute atomic E-state index is 9.60. The summed E-state index contributed by atoms with van der Waals surface area (Å²) in [6.07, 6.45) is 4.48. The Morgan fingerprint density at radius 2 is 1.77 bits per heavy atom. The van der Waals surface area contributed by atoms with E-state index >= 15 is 0 Å². The zero-order valence-electron chi connectivity index (χ0n) is 15.6. The van der Waals surface area contributed by atoms with Gasteiger partial charge in [0.05, 0.1) is 6.10 Å². The van der Waals surface area contributed by atoms with Crippen LogP contribution in [0.25, 0.3) is 0 Å². The summed E-state index contributed by atoms with van der Waals surface area (Å²) in [6.45, 7) is 7.98. The zero-order valence-corrected chi connectivity index (χ0v) is 15.6. The molecule has 2 aliphatic rings. The highest BCUT2D eigenvalue weighted by molar-refractivity contribution is 5.48. The van der Waals surface area contributed by atoms with Gasteiger partial charge in [0.15, 0.2) is 0 Å². The highest BCUT2D eigenvalue weighted by Crippen LogP contribution is 2.36. The molecule has 26 heavy (non-hydrogen) atoms. The summed E-state index contributed by atoms with van der Waals surface area (Å²) in [6, 6.07) is 6.39. The first-order chi connectivity index (χ1) is 12.6. The molecular weight excluding hydrogens is 326 g/mol. The van der Waals surface area contributed by atoms with Gasteiger partial charge in [0.2, 0.25) is 0 Å². The van der Waals surface area contributed by atoms with E-state index in [1.807, 2.05) is 20.0 Å². The molecule has 6 heteroatoms. The number of hydrogen-bond donors (Lipinski definition) is 1. The van der Waals surface area contributed by atoms with Gasteiger partial charge in [-0.2, -0.15) is 0 Å². The first-order valence-electron chi connectivity index (χ1n) is 9.54. The molecule has 1 aliphatic heterocycles. The highest BCUT2D eigenvalue weighted by atomic mass is 16.3. The zero-order chi connectivity index (χ0) is 18.1. The molecule has 0 bridgehead atoms. The Morgan fingerprint density at radius 1 is 1.00 bits per heavy atom. The molecule has 0 radical (unpaired) electrons. The third-order valence-corrected chi connectivity index (χ3v) is 5.44. The number of anilines is 2. The van der Waals surface area contributed by atoms with Crippen LogP contribution in [0.4, 0.5) is 11.5 Å². The SMILES string of the molecule is Cc1cc(N2CCCN(c3cc(C4CC(O)C4)nc(C)n3)CC2)ccn1. The van der Waals surface area contributed by atoms with Crippen LogP contribution in [0.1, 0.15) is 42.4 Å². The molecule has 6 nitrogen and oxygen atoms in total. The molecule has 1 N–H and O–H groups in total. The summed E-state index contributed by atoms with van der Waals surface area (Å²) < 4.78 is 0. The topological polar surface area (TPSA) is 65.4 Å². The van der Waals surface area contributed by atoms with Crippen molar-refractivity contribution in [1.82, 2.24) is 15.0 Å². The highest BCUT2D eigenvalue weighted by Gasteiger charge is 2.30. The van der Waals surface area contributed by atoms with Gasteiger partial charge in [-0.3, -0.25) is 4.98 Å². The summed E-state index contributed by atoms with van der Waals surface area (Å²) in [5.41, 5.74) is 3.40. The lowest BCUT2D eigenvalue weighted by Gasteiger charge is -2.32. The van der Waals surface area contributed by atoms with E-state index in [9.17, 15) is 5.11 Å². The first kappa shape index (κ1) is 17.2. The van der Waals surface area contributed by atoms with Crippen LogP contribution in [0, 0.1) is 13.8 Å². The fourth-order valence-corrected chi connectivity index (χ4v) is 3.91. The van der Waals surface area contributed by atoms with Crippen LogP contribution < -0.4 is 9.80 Å². The van der Waals surface area contributed by atoms with E-state index in [0.29, 0.717) is 5.92 Å². The Labute approximate surface area is 154 Å². The number of rotatable bonds is 3. The number of aliphatic hydroxyl groups is 1. The molecule has 2 aromatic heterocycles. The van der Waals surface area contributed by atoms with Crippen LogP contribution in [-0.4, -0.2) is 52.3 Å². The van der Waals surface area contributed by atoms with Crippen molar-refractivity contribution in [3.05, 3.63) is 41.6 Å². The van der Waals surface area contributed by atoms with Crippen LogP contribution in [0.3, 0.4) is 0 Å². The quantitative estimate of drug-likeness (QED) is 0.914. The Morgan fingerprint density at radius 3 is 2.54 bits per heavy atom. The average molecular weight is 353 g/mol. The standard InChI is InChI=1S/C20H27N5O/c1-14-10-17(4-5-21-14)24-6-3-7-25(9-8-24)20-13-19(22-15(2)23-20)16-11-18(26)12-16/h4-5,10,13,16,18,26H,3,6-9,11-12H2,1-2H3. The Kier molecular flexibility index (Phi) is 4.76. The lowest BCUT2D eigenvalue weighted by Crippen LogP contribution is -2.32. The molecule has 2 aromatic rings. The predicted octanol–water partition coefficient (Wildman–Crippen LogP) is 2.44. The normalized spacial score (nSPS) is 23.5. The summed E-state index contributed by atoms with van der Waals surface area (Å²) in [4.78, 5) is 18.4. The average Bonchev–Trinajstić information content (AvgIpc) is 2.84. The minimum absolute atomic E-state index is 0.158. The van der Waals surface area contributed by atoms with Crippen molar-refractivity contribution in [3.63, 3.8) is 0 Å². The number of aromatic nitrogens is 3. The summed E-state index contributed by atoms with van der Waals surface area (Å²) in [5, 5.41) is 9.60. The molecule has 0 atom stereocenters. The smallest absolute Gasteiger partial charge is 0.132 e. The number of aryl methyl sites for hydroxylation is 2. The van der Waals surface area contributed by atoms with Crippen molar-refractivity contribution in [3.8, 4) is 0 Å².